The van der Waals surface area contributed by atoms with Crippen molar-refractivity contribution in [2.24, 2.45) is 5.73 Å². The van der Waals surface area contributed by atoms with Crippen LogP contribution < -0.4 is 11.1 Å². The van der Waals surface area contributed by atoms with Crippen LogP contribution in [-0.4, -0.2) is 23.3 Å². The van der Waals surface area contributed by atoms with Crippen molar-refractivity contribution in [1.82, 2.24) is 10.2 Å². The molecule has 1 aromatic carbocycles. The second-order valence-corrected chi connectivity index (χ2v) is 4.45. The molecule has 0 aliphatic rings. The van der Waals surface area contributed by atoms with Gasteiger partial charge in [0.2, 0.25) is 0 Å². The van der Waals surface area contributed by atoms with Gasteiger partial charge in [-0.25, -0.2) is 0 Å². The Kier molecular flexibility index (Phi) is 4.06. The molecule has 0 saturated heterocycles. The molecule has 4 nitrogen and oxygen atoms in total. The molecule has 0 bridgehead atoms. The highest BCUT2D eigenvalue weighted by Crippen LogP contribution is 2.21. The normalized spacial score (nSPS) is 10.2. The molecule has 0 radical (unpaired) electrons. The number of benzene rings is 1. The van der Waals surface area contributed by atoms with Crippen molar-refractivity contribution < 1.29 is 0 Å². The lowest BCUT2D eigenvalue weighted by Crippen LogP contribution is -2.14. The van der Waals surface area contributed by atoms with Crippen LogP contribution >= 0.6 is 15.9 Å². The molecule has 0 fully saturated rings. The fourth-order valence-electron chi connectivity index (χ4n) is 1.43. The number of hydrogen-bond donors (Lipinski definition) is 2. The van der Waals surface area contributed by atoms with Gasteiger partial charge in [0.05, 0.1) is 5.69 Å². The van der Waals surface area contributed by atoms with E-state index in [2.05, 4.69) is 31.4 Å². The lowest BCUT2D eigenvalue weighted by Gasteiger charge is -2.04. The first-order valence-electron chi connectivity index (χ1n) is 5.33. The van der Waals surface area contributed by atoms with Gasteiger partial charge in [0.15, 0.2) is 0 Å². The molecule has 0 aliphatic heterocycles. The molecule has 1 aromatic heterocycles. The Morgan fingerprint density at radius 3 is 2.71 bits per heavy atom. The summed E-state index contributed by atoms with van der Waals surface area (Å²) in [5, 5.41) is 11.3. The first-order chi connectivity index (χ1) is 8.29. The molecular weight excluding hydrogens is 280 g/mol. The second-order valence-electron chi connectivity index (χ2n) is 3.53. The summed E-state index contributed by atoms with van der Waals surface area (Å²) in [6, 6.07) is 11.8. The standard InChI is InChI=1S/C12H13BrN4/c13-10-3-1-2-9(8-10)11-4-5-12(17-16-11)15-7-6-14/h1-5,8H,6-7,14H2,(H,15,17). The van der Waals surface area contributed by atoms with Crippen LogP contribution in [0.25, 0.3) is 11.3 Å². The molecule has 2 aromatic rings. The molecule has 88 valence electrons. The minimum absolute atomic E-state index is 0.578. The number of nitrogens with zero attached hydrogens (tertiary/aromatic N) is 2. The number of halogens is 1. The van der Waals surface area contributed by atoms with Gasteiger partial charge in [0.25, 0.3) is 0 Å². The number of rotatable bonds is 4. The minimum Gasteiger partial charge on any atom is -0.367 e. The molecule has 0 aliphatic carbocycles. The molecule has 2 rings (SSSR count). The number of nitrogens with two attached hydrogens (primary N) is 1. The SMILES string of the molecule is NCCNc1ccc(-c2cccc(Br)c2)nn1. The summed E-state index contributed by atoms with van der Waals surface area (Å²) in [6.45, 7) is 1.28. The van der Waals surface area contributed by atoms with Crippen molar-refractivity contribution in [2.75, 3.05) is 18.4 Å². The number of aromatic nitrogens is 2. The predicted octanol–water partition coefficient (Wildman–Crippen LogP) is 2.28. The Morgan fingerprint density at radius 2 is 2.06 bits per heavy atom. The third-order valence-electron chi connectivity index (χ3n) is 2.24. The highest BCUT2D eigenvalue weighted by Gasteiger charge is 2.01. The van der Waals surface area contributed by atoms with Gasteiger partial charge in [-0.1, -0.05) is 28.1 Å². The highest BCUT2D eigenvalue weighted by atomic mass is 79.9. The van der Waals surface area contributed by atoms with E-state index in [0.29, 0.717) is 13.1 Å². The summed E-state index contributed by atoms with van der Waals surface area (Å²) in [7, 11) is 0. The van der Waals surface area contributed by atoms with Crippen LogP contribution in [-0.2, 0) is 0 Å². The lowest BCUT2D eigenvalue weighted by molar-refractivity contribution is 0.974. The average Bonchev–Trinajstić information content (AvgIpc) is 2.37. The van der Waals surface area contributed by atoms with Gasteiger partial charge < -0.3 is 11.1 Å². The Hall–Kier alpha value is -1.46. The van der Waals surface area contributed by atoms with Gasteiger partial charge in [-0.05, 0) is 24.3 Å². The maximum Gasteiger partial charge on any atom is 0.148 e. The predicted molar refractivity (Wildman–Crippen MR) is 72.7 cm³/mol. The van der Waals surface area contributed by atoms with Gasteiger partial charge in [0, 0.05) is 23.1 Å². The van der Waals surface area contributed by atoms with E-state index in [4.69, 9.17) is 5.73 Å². The summed E-state index contributed by atoms with van der Waals surface area (Å²) in [4.78, 5) is 0. The van der Waals surface area contributed by atoms with Crippen LogP contribution in [0.5, 0.6) is 0 Å². The second kappa shape index (κ2) is 5.75. The van der Waals surface area contributed by atoms with E-state index in [0.717, 1.165) is 21.5 Å². The smallest absolute Gasteiger partial charge is 0.148 e. The quantitative estimate of drug-likeness (QED) is 0.907. The third kappa shape index (κ3) is 3.25. The zero-order valence-corrected chi connectivity index (χ0v) is 10.8. The molecular formula is C12H13BrN4. The van der Waals surface area contributed by atoms with Crippen LogP contribution in [0.3, 0.4) is 0 Å². The Bertz CT molecular complexity index is 484. The zero-order valence-electron chi connectivity index (χ0n) is 9.23. The van der Waals surface area contributed by atoms with Crippen molar-refractivity contribution in [1.29, 1.82) is 0 Å². The zero-order chi connectivity index (χ0) is 12.1. The number of nitrogens with one attached hydrogen (secondary N) is 1. The van der Waals surface area contributed by atoms with E-state index < -0.39 is 0 Å². The molecule has 17 heavy (non-hydrogen) atoms. The largest absolute Gasteiger partial charge is 0.367 e. The minimum atomic E-state index is 0.578. The molecule has 1 heterocycles. The first-order valence-corrected chi connectivity index (χ1v) is 6.12. The first kappa shape index (κ1) is 12.0. The van der Waals surface area contributed by atoms with E-state index in [1.165, 1.54) is 0 Å². The van der Waals surface area contributed by atoms with Gasteiger partial charge in [-0.2, -0.15) is 0 Å². The van der Waals surface area contributed by atoms with Crippen LogP contribution in [0.15, 0.2) is 40.9 Å². The van der Waals surface area contributed by atoms with Crippen molar-refractivity contribution in [2.45, 2.75) is 0 Å². The van der Waals surface area contributed by atoms with Crippen LogP contribution in [0, 0.1) is 0 Å². The van der Waals surface area contributed by atoms with Crippen molar-refractivity contribution in [3.05, 3.63) is 40.9 Å². The van der Waals surface area contributed by atoms with Gasteiger partial charge >= 0.3 is 0 Å². The molecule has 5 heteroatoms. The maximum absolute atomic E-state index is 5.40. The Morgan fingerprint density at radius 1 is 1.18 bits per heavy atom. The molecule has 0 saturated carbocycles. The van der Waals surface area contributed by atoms with E-state index in [1.807, 2.05) is 36.4 Å². The third-order valence-corrected chi connectivity index (χ3v) is 2.73. The topological polar surface area (TPSA) is 63.8 Å². The van der Waals surface area contributed by atoms with Crippen molar-refractivity contribution >= 4 is 21.7 Å². The average molecular weight is 293 g/mol. The Labute approximate surface area is 108 Å². The van der Waals surface area contributed by atoms with Gasteiger partial charge in [0.1, 0.15) is 5.82 Å². The van der Waals surface area contributed by atoms with Crippen molar-refractivity contribution in [3.8, 4) is 11.3 Å². The van der Waals surface area contributed by atoms with Gasteiger partial charge in [-0.3, -0.25) is 0 Å². The van der Waals surface area contributed by atoms with E-state index in [-0.39, 0.29) is 0 Å². The van der Waals surface area contributed by atoms with Crippen LogP contribution in [0.2, 0.25) is 0 Å². The fourth-order valence-corrected chi connectivity index (χ4v) is 1.83. The monoisotopic (exact) mass is 292 g/mol. The van der Waals surface area contributed by atoms with E-state index >= 15 is 0 Å². The van der Waals surface area contributed by atoms with E-state index in [1.54, 1.807) is 0 Å². The summed E-state index contributed by atoms with van der Waals surface area (Å²) in [5.41, 5.74) is 7.29. The molecule has 0 unspecified atom stereocenters. The molecule has 0 atom stereocenters. The lowest BCUT2D eigenvalue weighted by atomic mass is 10.1. The molecule has 3 N–H and O–H groups in total. The summed E-state index contributed by atoms with van der Waals surface area (Å²) in [5.74, 6) is 0.745. The van der Waals surface area contributed by atoms with Crippen LogP contribution in [0.1, 0.15) is 0 Å². The van der Waals surface area contributed by atoms with Gasteiger partial charge in [-0.15, -0.1) is 10.2 Å². The maximum atomic E-state index is 5.40. The molecule has 0 spiro atoms. The summed E-state index contributed by atoms with van der Waals surface area (Å²) in [6.07, 6.45) is 0. The number of hydrogen-bond acceptors (Lipinski definition) is 4. The van der Waals surface area contributed by atoms with E-state index in [9.17, 15) is 0 Å². The Balaban J connectivity index is 2.17. The molecule has 0 amide bonds. The highest BCUT2D eigenvalue weighted by molar-refractivity contribution is 9.10. The fraction of sp³-hybridized carbons (Fsp3) is 0.167. The van der Waals surface area contributed by atoms with Crippen LogP contribution in [0.4, 0.5) is 5.82 Å². The van der Waals surface area contributed by atoms with Crippen molar-refractivity contribution in [3.63, 3.8) is 0 Å². The number of anilines is 1. The summed E-state index contributed by atoms with van der Waals surface area (Å²) < 4.78 is 1.03. The summed E-state index contributed by atoms with van der Waals surface area (Å²) >= 11 is 3.43.